The van der Waals surface area contributed by atoms with Gasteiger partial charge in [-0.3, -0.25) is 0 Å². The molecule has 3 fully saturated rings. The molecule has 1 heteroatoms. The van der Waals surface area contributed by atoms with Crippen molar-refractivity contribution in [2.45, 2.75) is 109 Å². The topological polar surface area (TPSA) is 26.0 Å². The highest BCUT2D eigenvalue weighted by Gasteiger charge is 2.36. The van der Waals surface area contributed by atoms with Crippen molar-refractivity contribution in [3.8, 4) is 0 Å². The quantitative estimate of drug-likeness (QED) is 0.577. The molecule has 0 aromatic heterocycles. The maximum atomic E-state index is 6.41. The van der Waals surface area contributed by atoms with Gasteiger partial charge in [0.2, 0.25) is 0 Å². The average molecular weight is 294 g/mol. The summed E-state index contributed by atoms with van der Waals surface area (Å²) in [6, 6.07) is 0.541. The van der Waals surface area contributed by atoms with Gasteiger partial charge in [0.25, 0.3) is 0 Å². The Morgan fingerprint density at radius 3 is 1.57 bits per heavy atom. The van der Waals surface area contributed by atoms with Crippen molar-refractivity contribution in [1.82, 2.24) is 0 Å². The van der Waals surface area contributed by atoms with Crippen molar-refractivity contribution in [2.75, 3.05) is 0 Å². The second-order valence-corrected chi connectivity index (χ2v) is 8.13. The van der Waals surface area contributed by atoms with Gasteiger partial charge in [-0.05, 0) is 37.0 Å². The van der Waals surface area contributed by atoms with Gasteiger partial charge in [0.15, 0.2) is 0 Å². The van der Waals surface area contributed by atoms with Crippen molar-refractivity contribution < 1.29 is 0 Å². The summed E-state index contributed by atoms with van der Waals surface area (Å²) in [5.41, 5.74) is 6.41. The van der Waals surface area contributed by atoms with Gasteiger partial charge in [-0.25, -0.2) is 0 Å². The van der Waals surface area contributed by atoms with E-state index in [9.17, 15) is 0 Å². The molecule has 0 aromatic carbocycles. The summed E-state index contributed by atoms with van der Waals surface area (Å²) in [4.78, 5) is 0. The Kier molecular flexibility index (Phi) is 8.14. The van der Waals surface area contributed by atoms with Gasteiger partial charge in [0.1, 0.15) is 0 Å². The maximum absolute atomic E-state index is 6.41. The molecule has 0 aromatic rings. The summed E-state index contributed by atoms with van der Waals surface area (Å²) < 4.78 is 0. The number of nitrogens with two attached hydrogens (primary N) is 1. The average Bonchev–Trinajstić information content (AvgIpc) is 2.48. The first-order chi connectivity index (χ1) is 10.3. The monoisotopic (exact) mass is 293 g/mol. The lowest BCUT2D eigenvalue weighted by Crippen LogP contribution is -2.48. The first kappa shape index (κ1) is 17.3. The SMILES string of the molecule is CC1CCCCCCCCCCCC2CC(CCC1)C2N. The van der Waals surface area contributed by atoms with E-state index in [1.54, 1.807) is 0 Å². The molecule has 1 nitrogen and oxygen atoms in total. The van der Waals surface area contributed by atoms with Crippen molar-refractivity contribution in [3.05, 3.63) is 0 Å². The van der Waals surface area contributed by atoms with Gasteiger partial charge < -0.3 is 5.73 Å². The highest BCUT2D eigenvalue weighted by Crippen LogP contribution is 2.39. The number of hydrogen-bond acceptors (Lipinski definition) is 1. The molecule has 0 aliphatic heterocycles. The first-order valence-corrected chi connectivity index (χ1v) is 10.0. The normalized spacial score (nSPS) is 38.0. The smallest absolute Gasteiger partial charge is 0.00958 e. The van der Waals surface area contributed by atoms with Crippen LogP contribution in [0, 0.1) is 17.8 Å². The summed E-state index contributed by atoms with van der Waals surface area (Å²) in [7, 11) is 0. The number of hydrogen-bond donors (Lipinski definition) is 1. The molecule has 124 valence electrons. The molecule has 2 N–H and O–H groups in total. The standard InChI is InChI=1S/C20H39N/c1-17-12-9-7-5-3-2-4-6-8-10-14-18-16-19(20(18)21)15-11-13-17/h17-20H,2-16,21H2,1H3. The predicted molar refractivity (Wildman–Crippen MR) is 93.4 cm³/mol. The minimum atomic E-state index is 0.541. The van der Waals surface area contributed by atoms with Gasteiger partial charge in [-0.1, -0.05) is 84.0 Å². The van der Waals surface area contributed by atoms with Gasteiger partial charge in [-0.15, -0.1) is 0 Å². The van der Waals surface area contributed by atoms with Gasteiger partial charge in [-0.2, -0.15) is 0 Å². The van der Waals surface area contributed by atoms with Crippen LogP contribution in [0.3, 0.4) is 0 Å². The summed E-state index contributed by atoms with van der Waals surface area (Å²) in [5, 5.41) is 0. The zero-order chi connectivity index (χ0) is 14.9. The second-order valence-electron chi connectivity index (χ2n) is 8.13. The molecule has 0 heterocycles. The van der Waals surface area contributed by atoms with Crippen molar-refractivity contribution >= 4 is 0 Å². The Morgan fingerprint density at radius 2 is 1.00 bits per heavy atom. The molecule has 0 spiro atoms. The van der Waals surface area contributed by atoms with E-state index < -0.39 is 0 Å². The van der Waals surface area contributed by atoms with Gasteiger partial charge >= 0.3 is 0 Å². The Balaban J connectivity index is 1.68. The van der Waals surface area contributed by atoms with E-state index in [-0.39, 0.29) is 0 Å². The third kappa shape index (κ3) is 6.30. The molecule has 2 bridgehead atoms. The number of rotatable bonds is 0. The molecule has 4 atom stereocenters. The van der Waals surface area contributed by atoms with Crippen LogP contribution >= 0.6 is 0 Å². The predicted octanol–water partition coefficient (Wildman–Crippen LogP) is 6.06. The number of fused-ring (bicyclic) bond motifs is 14. The van der Waals surface area contributed by atoms with Crippen LogP contribution < -0.4 is 5.73 Å². The van der Waals surface area contributed by atoms with E-state index in [2.05, 4.69) is 6.92 Å². The Labute approximate surface area is 133 Å². The summed E-state index contributed by atoms with van der Waals surface area (Å²) in [6.45, 7) is 2.46. The molecular weight excluding hydrogens is 254 g/mol. The van der Waals surface area contributed by atoms with Crippen LogP contribution in [0.4, 0.5) is 0 Å². The Morgan fingerprint density at radius 1 is 0.571 bits per heavy atom. The fourth-order valence-corrected chi connectivity index (χ4v) is 4.52. The van der Waals surface area contributed by atoms with Crippen LogP contribution in [-0.4, -0.2) is 6.04 Å². The van der Waals surface area contributed by atoms with E-state index >= 15 is 0 Å². The lowest BCUT2D eigenvalue weighted by atomic mass is 9.66. The van der Waals surface area contributed by atoms with Crippen LogP contribution in [0.5, 0.6) is 0 Å². The second kappa shape index (κ2) is 9.87. The molecule has 3 aliphatic carbocycles. The van der Waals surface area contributed by atoms with Crippen LogP contribution in [-0.2, 0) is 0 Å². The highest BCUT2D eigenvalue weighted by molar-refractivity contribution is 4.92. The Hall–Kier alpha value is -0.0400. The largest absolute Gasteiger partial charge is 0.327 e. The fourth-order valence-electron chi connectivity index (χ4n) is 4.52. The van der Waals surface area contributed by atoms with Crippen molar-refractivity contribution in [2.24, 2.45) is 23.5 Å². The lowest BCUT2D eigenvalue weighted by Gasteiger charge is -2.43. The molecule has 0 radical (unpaired) electrons. The zero-order valence-corrected chi connectivity index (χ0v) is 14.5. The van der Waals surface area contributed by atoms with Crippen molar-refractivity contribution in [3.63, 3.8) is 0 Å². The lowest BCUT2D eigenvalue weighted by molar-refractivity contribution is 0.119. The first-order valence-electron chi connectivity index (χ1n) is 10.0. The van der Waals surface area contributed by atoms with E-state index in [1.165, 1.54) is 96.3 Å². The van der Waals surface area contributed by atoms with Crippen LogP contribution in [0.1, 0.15) is 103 Å². The van der Waals surface area contributed by atoms with E-state index in [1.807, 2.05) is 0 Å². The summed E-state index contributed by atoms with van der Waals surface area (Å²) in [5.74, 6) is 2.67. The van der Waals surface area contributed by atoms with E-state index in [0.717, 1.165) is 17.8 Å². The molecule has 21 heavy (non-hydrogen) atoms. The summed E-state index contributed by atoms with van der Waals surface area (Å²) >= 11 is 0. The third-order valence-electron chi connectivity index (χ3n) is 6.24. The molecule has 3 saturated carbocycles. The maximum Gasteiger partial charge on any atom is 0.00958 e. The highest BCUT2D eigenvalue weighted by atomic mass is 14.7. The molecular formula is C20H39N. The van der Waals surface area contributed by atoms with Crippen LogP contribution in [0.25, 0.3) is 0 Å². The molecule has 3 aliphatic rings. The summed E-state index contributed by atoms with van der Waals surface area (Å²) in [6.07, 6.45) is 21.7. The molecule has 4 unspecified atom stereocenters. The molecule has 3 rings (SSSR count). The van der Waals surface area contributed by atoms with Crippen LogP contribution in [0.2, 0.25) is 0 Å². The minimum absolute atomic E-state index is 0.541. The van der Waals surface area contributed by atoms with Crippen LogP contribution in [0.15, 0.2) is 0 Å². The third-order valence-corrected chi connectivity index (χ3v) is 6.24. The van der Waals surface area contributed by atoms with Gasteiger partial charge in [0.05, 0.1) is 0 Å². The van der Waals surface area contributed by atoms with Gasteiger partial charge in [0, 0.05) is 6.04 Å². The zero-order valence-electron chi connectivity index (χ0n) is 14.5. The van der Waals surface area contributed by atoms with E-state index in [4.69, 9.17) is 5.73 Å². The fraction of sp³-hybridized carbons (Fsp3) is 1.00. The molecule has 0 saturated heterocycles. The Bertz CT molecular complexity index is 263. The molecule has 0 amide bonds. The van der Waals surface area contributed by atoms with Crippen molar-refractivity contribution in [1.29, 1.82) is 0 Å². The minimum Gasteiger partial charge on any atom is -0.327 e. The van der Waals surface area contributed by atoms with E-state index in [0.29, 0.717) is 6.04 Å².